The molecule has 1 unspecified atom stereocenters. The van der Waals surface area contributed by atoms with Crippen LogP contribution in [0.5, 0.6) is 0 Å². The molecule has 0 amide bonds. The summed E-state index contributed by atoms with van der Waals surface area (Å²) in [6.45, 7) is 6.21. The molecule has 0 aromatic rings. The highest BCUT2D eigenvalue weighted by molar-refractivity contribution is 5.71. The molecule has 0 aromatic carbocycles. The average Bonchev–Trinajstić information content (AvgIpc) is 3.43. The van der Waals surface area contributed by atoms with E-state index in [4.69, 9.17) is 14.2 Å². The molecule has 0 radical (unpaired) electrons. The Kier molecular flexibility index (Phi) is 58.6. The number of hydrogen-bond acceptors (Lipinski definition) is 6. The molecule has 0 aromatic heterocycles. The molecule has 0 fully saturated rings. The van der Waals surface area contributed by atoms with Crippen molar-refractivity contribution in [2.45, 2.75) is 232 Å². The van der Waals surface area contributed by atoms with Gasteiger partial charge in [0.25, 0.3) is 0 Å². The van der Waals surface area contributed by atoms with Gasteiger partial charge in [-0.2, -0.15) is 0 Å². The van der Waals surface area contributed by atoms with Crippen molar-refractivity contribution in [2.75, 3.05) is 13.2 Å². The number of carbonyl (C=O) groups is 3. The molecule has 428 valence electrons. The number of unbranched alkanes of at least 4 members (excludes halogenated alkanes) is 11. The van der Waals surface area contributed by atoms with Gasteiger partial charge in [0.1, 0.15) is 13.2 Å². The Morgan fingerprint density at radius 1 is 0.260 bits per heavy atom. The second-order valence-corrected chi connectivity index (χ2v) is 19.1. The summed E-state index contributed by atoms with van der Waals surface area (Å²) in [5, 5.41) is 0. The first kappa shape index (κ1) is 71.5. The van der Waals surface area contributed by atoms with Gasteiger partial charge in [0.05, 0.1) is 0 Å². The first-order chi connectivity index (χ1) is 38.0. The zero-order valence-corrected chi connectivity index (χ0v) is 48.9. The van der Waals surface area contributed by atoms with Gasteiger partial charge < -0.3 is 14.2 Å². The van der Waals surface area contributed by atoms with Gasteiger partial charge >= 0.3 is 17.9 Å². The summed E-state index contributed by atoms with van der Waals surface area (Å²) in [4.78, 5) is 38.2. The number of rotatable bonds is 52. The Morgan fingerprint density at radius 3 is 0.753 bits per heavy atom. The van der Waals surface area contributed by atoms with E-state index in [1.807, 2.05) is 0 Å². The predicted octanol–water partition coefficient (Wildman–Crippen LogP) is 20.9. The average molecular weight is 1060 g/mol. The fourth-order valence-corrected chi connectivity index (χ4v) is 7.46. The lowest BCUT2D eigenvalue weighted by atomic mass is 10.1. The van der Waals surface area contributed by atoms with Crippen LogP contribution in [0.2, 0.25) is 0 Å². The van der Waals surface area contributed by atoms with Crippen LogP contribution in [-0.2, 0) is 28.6 Å². The van der Waals surface area contributed by atoms with Crippen LogP contribution in [0, 0.1) is 0 Å². The van der Waals surface area contributed by atoms with E-state index in [2.05, 4.69) is 203 Å². The fraction of sp³-hybridized carbons (Fsp3) is 0.535. The van der Waals surface area contributed by atoms with E-state index < -0.39 is 6.10 Å². The largest absolute Gasteiger partial charge is 0.462 e. The van der Waals surface area contributed by atoms with Crippen molar-refractivity contribution < 1.29 is 28.6 Å². The molecule has 0 heterocycles. The summed E-state index contributed by atoms with van der Waals surface area (Å²) in [5.41, 5.74) is 0. The molecule has 0 aliphatic carbocycles. The number of esters is 3. The monoisotopic (exact) mass is 1060 g/mol. The molecule has 0 saturated heterocycles. The molecule has 0 aliphatic rings. The second-order valence-electron chi connectivity index (χ2n) is 19.1. The van der Waals surface area contributed by atoms with Crippen LogP contribution in [0.3, 0.4) is 0 Å². The molecule has 0 saturated carbocycles. The van der Waals surface area contributed by atoms with Crippen molar-refractivity contribution >= 4 is 17.9 Å². The minimum atomic E-state index is -0.828. The van der Waals surface area contributed by atoms with E-state index in [0.717, 1.165) is 180 Å². The van der Waals surface area contributed by atoms with Crippen molar-refractivity contribution in [1.29, 1.82) is 0 Å². The maximum atomic E-state index is 12.9. The van der Waals surface area contributed by atoms with Crippen LogP contribution < -0.4 is 0 Å². The standard InChI is InChI=1S/C71H108O6/c1-4-7-10-13-16-19-22-25-28-30-31-32-33-34-35-36-37-38-39-41-43-46-49-52-55-58-61-64-70(73)76-67-68(66-75-69(72)63-60-57-54-51-48-45-42-27-24-21-18-15-12-9-6-3)77-71(74)65-62-59-56-53-50-47-44-40-29-26-23-20-17-14-11-8-5-2/h7-12,16-21,25-29,31-32,34-35,37-38,41-44,47,49,52,68H,4-6,13-15,22-24,30,33,36,39-40,45-46,48,50-51,53-67H2,1-3H3/b10-7-,11-8-,12-9-,19-16-,20-17-,21-18-,28-25-,29-26-,32-31-,35-34-,38-37-,42-27-,43-41-,47-44-,52-49-. The van der Waals surface area contributed by atoms with E-state index >= 15 is 0 Å². The third-order valence-electron chi connectivity index (χ3n) is 11.9. The number of carbonyl (C=O) groups excluding carboxylic acids is 3. The smallest absolute Gasteiger partial charge is 0.306 e. The zero-order chi connectivity index (χ0) is 55.7. The zero-order valence-electron chi connectivity index (χ0n) is 48.9. The Balaban J connectivity index is 4.54. The highest BCUT2D eigenvalue weighted by Crippen LogP contribution is 2.12. The summed E-state index contributed by atoms with van der Waals surface area (Å²) >= 11 is 0. The normalized spacial score (nSPS) is 13.4. The second kappa shape index (κ2) is 63.0. The molecule has 0 N–H and O–H groups in total. The van der Waals surface area contributed by atoms with Crippen LogP contribution in [0.4, 0.5) is 0 Å². The Bertz CT molecular complexity index is 1840. The van der Waals surface area contributed by atoms with E-state index in [1.54, 1.807) is 0 Å². The third-order valence-corrected chi connectivity index (χ3v) is 11.9. The maximum absolute atomic E-state index is 12.9. The minimum Gasteiger partial charge on any atom is -0.462 e. The van der Waals surface area contributed by atoms with Crippen molar-refractivity contribution in [3.05, 3.63) is 182 Å². The SMILES string of the molecule is CC/C=C\C/C=C\C/C=C\C/C=C\C/C=C\C/C=C\C/C=C\C/C=C\CCCCC(=O)OCC(COC(=O)CCCCCCC/C=C\C/C=C\C/C=C\CC)OC(=O)CCCCCC/C=C\C/C=C\C/C=C\C/C=C\CC. The predicted molar refractivity (Wildman–Crippen MR) is 334 cm³/mol. The van der Waals surface area contributed by atoms with Crippen molar-refractivity contribution in [1.82, 2.24) is 0 Å². The van der Waals surface area contributed by atoms with Crippen LogP contribution >= 0.6 is 0 Å². The van der Waals surface area contributed by atoms with Crippen molar-refractivity contribution in [3.8, 4) is 0 Å². The molecule has 0 rings (SSSR count). The van der Waals surface area contributed by atoms with Gasteiger partial charge in [-0.3, -0.25) is 14.4 Å². The quantitative estimate of drug-likeness (QED) is 0.0261. The molecule has 6 heteroatoms. The fourth-order valence-electron chi connectivity index (χ4n) is 7.46. The third kappa shape index (κ3) is 61.2. The lowest BCUT2D eigenvalue weighted by molar-refractivity contribution is -0.167. The lowest BCUT2D eigenvalue weighted by Crippen LogP contribution is -2.30. The van der Waals surface area contributed by atoms with E-state index in [1.165, 1.54) is 0 Å². The van der Waals surface area contributed by atoms with Gasteiger partial charge in [0.15, 0.2) is 6.10 Å². The first-order valence-corrected chi connectivity index (χ1v) is 30.3. The van der Waals surface area contributed by atoms with Gasteiger partial charge in [-0.25, -0.2) is 0 Å². The molecule has 0 bridgehead atoms. The van der Waals surface area contributed by atoms with Crippen LogP contribution in [0.25, 0.3) is 0 Å². The van der Waals surface area contributed by atoms with Crippen molar-refractivity contribution in [3.63, 3.8) is 0 Å². The van der Waals surface area contributed by atoms with Gasteiger partial charge in [-0.15, -0.1) is 0 Å². The van der Waals surface area contributed by atoms with Crippen LogP contribution in [0.1, 0.15) is 226 Å². The van der Waals surface area contributed by atoms with E-state index in [9.17, 15) is 14.4 Å². The van der Waals surface area contributed by atoms with Gasteiger partial charge in [-0.05, 0) is 154 Å². The van der Waals surface area contributed by atoms with Gasteiger partial charge in [0, 0.05) is 19.3 Å². The van der Waals surface area contributed by atoms with Gasteiger partial charge in [0.2, 0.25) is 0 Å². The topological polar surface area (TPSA) is 78.9 Å². The molecule has 77 heavy (non-hydrogen) atoms. The number of allylic oxidation sites excluding steroid dienone is 30. The van der Waals surface area contributed by atoms with Crippen LogP contribution in [-0.4, -0.2) is 37.2 Å². The summed E-state index contributed by atoms with van der Waals surface area (Å²) in [6.07, 6.45) is 94.6. The summed E-state index contributed by atoms with van der Waals surface area (Å²) in [7, 11) is 0. The van der Waals surface area contributed by atoms with E-state index in [0.29, 0.717) is 12.8 Å². The molecule has 0 aliphatic heterocycles. The summed E-state index contributed by atoms with van der Waals surface area (Å²) in [5.74, 6) is -1.02. The minimum absolute atomic E-state index is 0.121. The highest BCUT2D eigenvalue weighted by Gasteiger charge is 2.19. The number of hydrogen-bond donors (Lipinski definition) is 0. The molecular formula is C71H108O6. The summed E-state index contributed by atoms with van der Waals surface area (Å²) in [6, 6.07) is 0. The molecular weight excluding hydrogens is 949 g/mol. The Morgan fingerprint density at radius 2 is 0.468 bits per heavy atom. The molecule has 6 nitrogen and oxygen atoms in total. The molecule has 0 spiro atoms. The lowest BCUT2D eigenvalue weighted by Gasteiger charge is -2.18. The van der Waals surface area contributed by atoms with Gasteiger partial charge in [-0.1, -0.05) is 235 Å². The van der Waals surface area contributed by atoms with Crippen molar-refractivity contribution in [2.24, 2.45) is 0 Å². The number of ether oxygens (including phenoxy) is 3. The van der Waals surface area contributed by atoms with Crippen LogP contribution in [0.15, 0.2) is 182 Å². The molecule has 1 atom stereocenters. The Labute approximate surface area is 472 Å². The summed E-state index contributed by atoms with van der Waals surface area (Å²) < 4.78 is 16.8. The Hall–Kier alpha value is -5.49. The van der Waals surface area contributed by atoms with E-state index in [-0.39, 0.29) is 44.0 Å². The highest BCUT2D eigenvalue weighted by atomic mass is 16.6. The first-order valence-electron chi connectivity index (χ1n) is 30.3. The maximum Gasteiger partial charge on any atom is 0.306 e.